The molecule has 3 aromatic rings. The lowest BCUT2D eigenvalue weighted by atomic mass is 10.0. The Morgan fingerprint density at radius 3 is 2.50 bits per heavy atom. The second-order valence-electron chi connectivity index (χ2n) is 6.19. The van der Waals surface area contributed by atoms with Crippen LogP contribution in [0.15, 0.2) is 53.3 Å². The average molecular weight is 395 g/mol. The van der Waals surface area contributed by atoms with Crippen molar-refractivity contribution in [3.8, 4) is 28.7 Å². The van der Waals surface area contributed by atoms with Crippen molar-refractivity contribution in [1.29, 1.82) is 5.26 Å². The van der Waals surface area contributed by atoms with Crippen LogP contribution in [0.1, 0.15) is 23.7 Å². The van der Waals surface area contributed by atoms with E-state index in [2.05, 4.69) is 4.98 Å². The van der Waals surface area contributed by atoms with Crippen LogP contribution in [0.25, 0.3) is 11.1 Å². The Morgan fingerprint density at radius 2 is 1.82 bits per heavy atom. The highest BCUT2D eigenvalue weighted by Gasteiger charge is 2.14. The van der Waals surface area contributed by atoms with E-state index in [0.29, 0.717) is 46.6 Å². The lowest BCUT2D eigenvalue weighted by Crippen LogP contribution is -2.12. The molecule has 1 heterocycles. The first-order valence-electron chi connectivity index (χ1n) is 8.80. The first-order chi connectivity index (χ1) is 13.5. The predicted molar refractivity (Wildman–Crippen MR) is 109 cm³/mol. The molecule has 5 nitrogen and oxygen atoms in total. The highest BCUT2D eigenvalue weighted by Crippen LogP contribution is 2.34. The van der Waals surface area contributed by atoms with Crippen LogP contribution >= 0.6 is 11.6 Å². The third kappa shape index (κ3) is 4.36. The van der Waals surface area contributed by atoms with Gasteiger partial charge < -0.3 is 14.5 Å². The van der Waals surface area contributed by atoms with Gasteiger partial charge in [-0.1, -0.05) is 29.8 Å². The standard InChI is InChI=1S/C22H19ClN2O3/c1-3-27-21-11-16(18-10-14(2)25-22(26)19(18)12-24)6-9-20(21)28-13-15-4-7-17(23)8-5-15/h4-11H,3,13H2,1-2H3,(H,25,26). The van der Waals surface area contributed by atoms with Gasteiger partial charge in [-0.2, -0.15) is 5.26 Å². The van der Waals surface area contributed by atoms with Crippen molar-refractivity contribution >= 4 is 11.6 Å². The Labute approximate surface area is 168 Å². The Kier molecular flexibility index (Phi) is 6.03. The van der Waals surface area contributed by atoms with Gasteiger partial charge >= 0.3 is 0 Å². The normalized spacial score (nSPS) is 10.4. The number of pyridine rings is 1. The molecule has 0 spiro atoms. The number of nitrogens with zero attached hydrogens (tertiary/aromatic N) is 1. The second kappa shape index (κ2) is 8.64. The number of hydrogen-bond donors (Lipinski definition) is 1. The Bertz CT molecular complexity index is 1080. The third-order valence-corrected chi connectivity index (χ3v) is 4.39. The van der Waals surface area contributed by atoms with Crippen LogP contribution in [0.3, 0.4) is 0 Å². The van der Waals surface area contributed by atoms with Crippen LogP contribution in [0, 0.1) is 18.3 Å². The molecule has 2 aromatic carbocycles. The number of H-pyrrole nitrogens is 1. The number of aromatic nitrogens is 1. The summed E-state index contributed by atoms with van der Waals surface area (Å²) in [5, 5.41) is 10.0. The number of halogens is 1. The maximum Gasteiger partial charge on any atom is 0.266 e. The SMILES string of the molecule is CCOc1cc(-c2cc(C)[nH]c(=O)c2C#N)ccc1OCc1ccc(Cl)cc1. The molecule has 0 bridgehead atoms. The predicted octanol–water partition coefficient (Wildman–Crippen LogP) is 4.85. The van der Waals surface area contributed by atoms with Crippen molar-refractivity contribution in [2.24, 2.45) is 0 Å². The van der Waals surface area contributed by atoms with Crippen molar-refractivity contribution < 1.29 is 9.47 Å². The van der Waals surface area contributed by atoms with Crippen LogP contribution in [-0.4, -0.2) is 11.6 Å². The molecule has 142 valence electrons. The van der Waals surface area contributed by atoms with Crippen molar-refractivity contribution in [3.05, 3.63) is 80.7 Å². The summed E-state index contributed by atoms with van der Waals surface area (Å²) in [4.78, 5) is 14.7. The number of aryl methyl sites for hydroxylation is 1. The minimum atomic E-state index is -0.404. The molecular formula is C22H19ClN2O3. The molecular weight excluding hydrogens is 376 g/mol. The fourth-order valence-corrected chi connectivity index (χ4v) is 2.96. The van der Waals surface area contributed by atoms with E-state index in [1.807, 2.05) is 43.3 Å². The molecule has 0 amide bonds. The van der Waals surface area contributed by atoms with Gasteiger partial charge in [0.25, 0.3) is 5.56 Å². The molecule has 28 heavy (non-hydrogen) atoms. The topological polar surface area (TPSA) is 75.1 Å². The second-order valence-corrected chi connectivity index (χ2v) is 6.63. The molecule has 0 fully saturated rings. The molecule has 0 aliphatic carbocycles. The number of hydrogen-bond acceptors (Lipinski definition) is 4. The molecule has 0 unspecified atom stereocenters. The van der Waals surface area contributed by atoms with Gasteiger partial charge in [-0.25, -0.2) is 0 Å². The Hall–Kier alpha value is -3.23. The fourth-order valence-electron chi connectivity index (χ4n) is 2.83. The van der Waals surface area contributed by atoms with Gasteiger partial charge in [0.05, 0.1) is 6.61 Å². The van der Waals surface area contributed by atoms with Gasteiger partial charge in [0, 0.05) is 16.3 Å². The third-order valence-electron chi connectivity index (χ3n) is 4.14. The first-order valence-corrected chi connectivity index (χ1v) is 9.18. The number of ether oxygens (including phenoxy) is 2. The zero-order valence-corrected chi connectivity index (χ0v) is 16.3. The molecule has 0 aliphatic heterocycles. The number of aromatic amines is 1. The van der Waals surface area contributed by atoms with Gasteiger partial charge in [0.2, 0.25) is 0 Å². The number of nitriles is 1. The monoisotopic (exact) mass is 394 g/mol. The summed E-state index contributed by atoms with van der Waals surface area (Å²) in [7, 11) is 0. The van der Waals surface area contributed by atoms with Gasteiger partial charge in [0.1, 0.15) is 18.2 Å². The van der Waals surface area contributed by atoms with E-state index in [1.54, 1.807) is 25.1 Å². The van der Waals surface area contributed by atoms with Gasteiger partial charge in [-0.15, -0.1) is 0 Å². The van der Waals surface area contributed by atoms with Gasteiger partial charge in [-0.3, -0.25) is 4.79 Å². The smallest absolute Gasteiger partial charge is 0.266 e. The van der Waals surface area contributed by atoms with Crippen molar-refractivity contribution in [3.63, 3.8) is 0 Å². The van der Waals surface area contributed by atoms with Gasteiger partial charge in [0.15, 0.2) is 11.5 Å². The maximum absolute atomic E-state index is 12.1. The van der Waals surface area contributed by atoms with Crippen LogP contribution in [0.2, 0.25) is 5.02 Å². The lowest BCUT2D eigenvalue weighted by Gasteiger charge is -2.14. The van der Waals surface area contributed by atoms with Crippen molar-refractivity contribution in [2.45, 2.75) is 20.5 Å². The van der Waals surface area contributed by atoms with E-state index >= 15 is 0 Å². The summed E-state index contributed by atoms with van der Waals surface area (Å²) in [5.41, 5.74) is 2.61. The van der Waals surface area contributed by atoms with E-state index in [0.717, 1.165) is 5.56 Å². The zero-order valence-electron chi connectivity index (χ0n) is 15.6. The fraction of sp³-hybridized carbons (Fsp3) is 0.182. The van der Waals surface area contributed by atoms with E-state index in [4.69, 9.17) is 21.1 Å². The molecule has 6 heteroatoms. The van der Waals surface area contributed by atoms with Crippen LogP contribution < -0.4 is 15.0 Å². The largest absolute Gasteiger partial charge is 0.490 e. The minimum Gasteiger partial charge on any atom is -0.490 e. The maximum atomic E-state index is 12.1. The number of rotatable bonds is 6. The molecule has 0 radical (unpaired) electrons. The van der Waals surface area contributed by atoms with E-state index in [1.165, 1.54) is 0 Å². The van der Waals surface area contributed by atoms with Crippen molar-refractivity contribution in [1.82, 2.24) is 4.98 Å². The molecule has 0 aliphatic rings. The quantitative estimate of drug-likeness (QED) is 0.648. The first kappa shape index (κ1) is 19.5. The molecule has 1 N–H and O–H groups in total. The minimum absolute atomic E-state index is 0.0721. The highest BCUT2D eigenvalue weighted by atomic mass is 35.5. The average Bonchev–Trinajstić information content (AvgIpc) is 2.68. The summed E-state index contributed by atoms with van der Waals surface area (Å²) in [5.74, 6) is 1.14. The number of benzene rings is 2. The summed E-state index contributed by atoms with van der Waals surface area (Å²) >= 11 is 5.91. The van der Waals surface area contributed by atoms with Crippen molar-refractivity contribution in [2.75, 3.05) is 6.61 Å². The van der Waals surface area contributed by atoms with Crippen LogP contribution in [0.5, 0.6) is 11.5 Å². The van der Waals surface area contributed by atoms with Crippen LogP contribution in [-0.2, 0) is 6.61 Å². The van der Waals surface area contributed by atoms with Crippen LogP contribution in [0.4, 0.5) is 0 Å². The van der Waals surface area contributed by atoms with E-state index < -0.39 is 5.56 Å². The summed E-state index contributed by atoms with van der Waals surface area (Å²) in [6, 6.07) is 16.6. The summed E-state index contributed by atoms with van der Waals surface area (Å²) in [6.45, 7) is 4.48. The number of nitrogens with one attached hydrogen (secondary N) is 1. The van der Waals surface area contributed by atoms with Gasteiger partial charge in [-0.05, 0) is 55.3 Å². The molecule has 3 rings (SSSR count). The van der Waals surface area contributed by atoms with E-state index in [-0.39, 0.29) is 5.56 Å². The molecule has 1 aromatic heterocycles. The molecule has 0 saturated heterocycles. The zero-order chi connectivity index (χ0) is 20.1. The molecule has 0 atom stereocenters. The lowest BCUT2D eigenvalue weighted by molar-refractivity contribution is 0.269. The highest BCUT2D eigenvalue weighted by molar-refractivity contribution is 6.30. The van der Waals surface area contributed by atoms with E-state index in [9.17, 15) is 10.1 Å². The molecule has 0 saturated carbocycles. The Balaban J connectivity index is 1.94. The summed E-state index contributed by atoms with van der Waals surface area (Å²) in [6.07, 6.45) is 0. The Morgan fingerprint density at radius 1 is 1.07 bits per heavy atom. The summed E-state index contributed by atoms with van der Waals surface area (Å²) < 4.78 is 11.6.